The van der Waals surface area contributed by atoms with E-state index in [4.69, 9.17) is 0 Å². The monoisotopic (exact) mass is 749 g/mol. The standard InChI is InChI=1S/C58H39N/c1-3-18-40(19-4-1)45-34-46(41-20-5-2-6-21-41)37-48(36-45)59(47-25-17-24-42(35-47)56-38-43-22-7-9-26-49(43)51-28-11-13-30-53(51)56)58-33-16-15-32-55(58)57-39-44-23-8-10-27-50(44)52-29-12-14-31-54(52)57/h1-39H. The Balaban J connectivity index is 1.20. The van der Waals surface area contributed by atoms with E-state index in [0.717, 1.165) is 28.2 Å². The summed E-state index contributed by atoms with van der Waals surface area (Å²) in [6.45, 7) is 0. The molecule has 0 bridgehead atoms. The third kappa shape index (κ3) is 6.21. The lowest BCUT2D eigenvalue weighted by Crippen LogP contribution is -2.12. The topological polar surface area (TPSA) is 3.24 Å². The van der Waals surface area contributed by atoms with Gasteiger partial charge in [0.1, 0.15) is 0 Å². The van der Waals surface area contributed by atoms with Crippen LogP contribution in [0.5, 0.6) is 0 Å². The molecule has 0 atom stereocenters. The first kappa shape index (κ1) is 34.5. The third-order valence-electron chi connectivity index (χ3n) is 11.8. The lowest BCUT2D eigenvalue weighted by molar-refractivity contribution is 1.28. The second kappa shape index (κ2) is 14.6. The molecule has 0 aliphatic carbocycles. The average molecular weight is 750 g/mol. The molecule has 0 heterocycles. The second-order valence-corrected chi connectivity index (χ2v) is 15.3. The van der Waals surface area contributed by atoms with Gasteiger partial charge >= 0.3 is 0 Å². The maximum atomic E-state index is 2.48. The van der Waals surface area contributed by atoms with E-state index in [1.165, 1.54) is 76.5 Å². The van der Waals surface area contributed by atoms with Gasteiger partial charge in [-0.15, -0.1) is 0 Å². The fourth-order valence-electron chi connectivity index (χ4n) is 9.04. The molecule has 1 heteroatoms. The maximum absolute atomic E-state index is 2.48. The van der Waals surface area contributed by atoms with Gasteiger partial charge in [0.25, 0.3) is 0 Å². The Hall–Kier alpha value is -7.74. The highest BCUT2D eigenvalue weighted by Crippen LogP contribution is 2.47. The van der Waals surface area contributed by atoms with Crippen LogP contribution >= 0.6 is 0 Å². The van der Waals surface area contributed by atoms with Gasteiger partial charge in [-0.25, -0.2) is 0 Å². The van der Waals surface area contributed by atoms with Gasteiger partial charge in [-0.2, -0.15) is 0 Å². The van der Waals surface area contributed by atoms with Crippen LogP contribution in [0.25, 0.3) is 87.6 Å². The van der Waals surface area contributed by atoms with Crippen LogP contribution in [0.2, 0.25) is 0 Å². The van der Waals surface area contributed by atoms with Crippen LogP contribution in [0.3, 0.4) is 0 Å². The number of rotatable bonds is 7. The molecule has 0 saturated carbocycles. The molecule has 11 aromatic carbocycles. The van der Waals surface area contributed by atoms with E-state index < -0.39 is 0 Å². The van der Waals surface area contributed by atoms with Crippen molar-refractivity contribution in [3.05, 3.63) is 237 Å². The summed E-state index contributed by atoms with van der Waals surface area (Å²) in [5.41, 5.74) is 12.7. The first-order valence-electron chi connectivity index (χ1n) is 20.3. The number of benzene rings is 11. The molecule has 0 radical (unpaired) electrons. The molecule has 0 aromatic heterocycles. The molecule has 0 spiro atoms. The SMILES string of the molecule is c1ccc(-c2cc(-c3ccccc3)cc(N(c3cccc(-c4cc5ccccc5c5ccccc45)c3)c3ccccc3-c3cc4ccccc4c4ccccc34)c2)cc1. The van der Waals surface area contributed by atoms with E-state index in [1.807, 2.05) is 0 Å². The van der Waals surface area contributed by atoms with Crippen LogP contribution in [0, 0.1) is 0 Å². The summed E-state index contributed by atoms with van der Waals surface area (Å²) in [4.78, 5) is 2.48. The molecule has 0 aliphatic rings. The highest BCUT2D eigenvalue weighted by molar-refractivity contribution is 6.16. The van der Waals surface area contributed by atoms with E-state index >= 15 is 0 Å². The third-order valence-corrected chi connectivity index (χ3v) is 11.8. The van der Waals surface area contributed by atoms with E-state index in [1.54, 1.807) is 0 Å². The Bertz CT molecular complexity index is 3270. The van der Waals surface area contributed by atoms with Gasteiger partial charge in [0, 0.05) is 16.9 Å². The summed E-state index contributed by atoms with van der Waals surface area (Å²) in [6.07, 6.45) is 0. The Labute approximate surface area is 344 Å². The number of fused-ring (bicyclic) bond motifs is 6. The van der Waals surface area contributed by atoms with Gasteiger partial charge in [-0.05, 0) is 131 Å². The van der Waals surface area contributed by atoms with Crippen molar-refractivity contribution in [2.45, 2.75) is 0 Å². The predicted octanol–water partition coefficient (Wildman–Crippen LogP) is 16.4. The Kier molecular flexibility index (Phi) is 8.56. The average Bonchev–Trinajstić information content (AvgIpc) is 3.32. The lowest BCUT2D eigenvalue weighted by atomic mass is 9.91. The number of nitrogens with zero attached hydrogens (tertiary/aromatic N) is 1. The smallest absolute Gasteiger partial charge is 0.0540 e. The molecule has 0 amide bonds. The summed E-state index contributed by atoms with van der Waals surface area (Å²) >= 11 is 0. The first-order chi connectivity index (χ1) is 29.3. The van der Waals surface area contributed by atoms with Crippen LogP contribution in [0.4, 0.5) is 17.1 Å². The quantitative estimate of drug-likeness (QED) is 0.147. The maximum Gasteiger partial charge on any atom is 0.0540 e. The number of hydrogen-bond donors (Lipinski definition) is 0. The zero-order chi connectivity index (χ0) is 39.1. The van der Waals surface area contributed by atoms with Crippen LogP contribution in [0.1, 0.15) is 0 Å². The van der Waals surface area contributed by atoms with E-state index in [2.05, 4.69) is 241 Å². The lowest BCUT2D eigenvalue weighted by Gasteiger charge is -2.30. The summed E-state index contributed by atoms with van der Waals surface area (Å²) < 4.78 is 0. The van der Waals surface area contributed by atoms with Gasteiger partial charge in [-0.3, -0.25) is 0 Å². The van der Waals surface area contributed by atoms with Crippen LogP contribution in [0.15, 0.2) is 237 Å². The highest BCUT2D eigenvalue weighted by Gasteiger charge is 2.22. The molecule has 11 aromatic rings. The minimum absolute atomic E-state index is 1.08. The normalized spacial score (nSPS) is 11.4. The number of hydrogen-bond acceptors (Lipinski definition) is 1. The minimum atomic E-state index is 1.08. The van der Waals surface area contributed by atoms with Gasteiger partial charge in [0.05, 0.1) is 5.69 Å². The predicted molar refractivity (Wildman–Crippen MR) is 253 cm³/mol. The highest BCUT2D eigenvalue weighted by atomic mass is 15.1. The van der Waals surface area contributed by atoms with Crippen LogP contribution < -0.4 is 4.90 Å². The molecular formula is C58H39N. The number of para-hydroxylation sites is 1. The minimum Gasteiger partial charge on any atom is -0.310 e. The van der Waals surface area contributed by atoms with Crippen LogP contribution in [-0.4, -0.2) is 0 Å². The molecule has 276 valence electrons. The van der Waals surface area contributed by atoms with Crippen molar-refractivity contribution in [1.82, 2.24) is 0 Å². The molecule has 1 nitrogen and oxygen atoms in total. The van der Waals surface area contributed by atoms with Gasteiger partial charge < -0.3 is 4.90 Å². The van der Waals surface area contributed by atoms with Gasteiger partial charge in [0.15, 0.2) is 0 Å². The molecule has 0 N–H and O–H groups in total. The van der Waals surface area contributed by atoms with Crippen molar-refractivity contribution in [2.24, 2.45) is 0 Å². The zero-order valence-electron chi connectivity index (χ0n) is 32.5. The summed E-state index contributed by atoms with van der Waals surface area (Å²) in [6, 6.07) is 86.5. The Morgan fingerprint density at radius 3 is 1.27 bits per heavy atom. The summed E-state index contributed by atoms with van der Waals surface area (Å²) in [5, 5.41) is 9.99. The fourth-order valence-corrected chi connectivity index (χ4v) is 9.04. The van der Waals surface area contributed by atoms with Crippen LogP contribution in [-0.2, 0) is 0 Å². The van der Waals surface area contributed by atoms with Gasteiger partial charge in [0.2, 0.25) is 0 Å². The molecule has 0 unspecified atom stereocenters. The first-order valence-corrected chi connectivity index (χ1v) is 20.3. The van der Waals surface area contributed by atoms with Crippen molar-refractivity contribution in [3.8, 4) is 44.5 Å². The summed E-state index contributed by atoms with van der Waals surface area (Å²) in [7, 11) is 0. The van der Waals surface area contributed by atoms with Gasteiger partial charge in [-0.1, -0.05) is 188 Å². The second-order valence-electron chi connectivity index (χ2n) is 15.3. The molecule has 0 saturated heterocycles. The molecule has 0 aliphatic heterocycles. The molecule has 0 fully saturated rings. The van der Waals surface area contributed by atoms with Crippen molar-refractivity contribution < 1.29 is 0 Å². The number of anilines is 3. The van der Waals surface area contributed by atoms with Crippen molar-refractivity contribution in [3.63, 3.8) is 0 Å². The zero-order valence-corrected chi connectivity index (χ0v) is 32.5. The molecular weight excluding hydrogens is 711 g/mol. The summed E-state index contributed by atoms with van der Waals surface area (Å²) in [5.74, 6) is 0. The Morgan fingerprint density at radius 1 is 0.220 bits per heavy atom. The van der Waals surface area contributed by atoms with E-state index in [0.29, 0.717) is 0 Å². The van der Waals surface area contributed by atoms with Crippen molar-refractivity contribution in [2.75, 3.05) is 4.90 Å². The largest absolute Gasteiger partial charge is 0.310 e. The van der Waals surface area contributed by atoms with E-state index in [9.17, 15) is 0 Å². The molecule has 59 heavy (non-hydrogen) atoms. The fraction of sp³-hybridized carbons (Fsp3) is 0. The van der Waals surface area contributed by atoms with Crippen molar-refractivity contribution in [1.29, 1.82) is 0 Å². The molecule has 11 rings (SSSR count). The Morgan fingerprint density at radius 2 is 0.661 bits per heavy atom. The van der Waals surface area contributed by atoms with E-state index in [-0.39, 0.29) is 0 Å². The van der Waals surface area contributed by atoms with Crippen molar-refractivity contribution >= 4 is 60.2 Å².